The highest BCUT2D eigenvalue weighted by molar-refractivity contribution is 5.75. The van der Waals surface area contributed by atoms with E-state index in [2.05, 4.69) is 36.5 Å². The van der Waals surface area contributed by atoms with Crippen molar-refractivity contribution in [3.05, 3.63) is 12.4 Å². The minimum atomic E-state index is -0.142. The fourth-order valence-corrected chi connectivity index (χ4v) is 3.61. The Hall–Kier alpha value is -1.56. The second-order valence-corrected chi connectivity index (χ2v) is 7.25. The highest BCUT2D eigenvalue weighted by Gasteiger charge is 2.32. The van der Waals surface area contributed by atoms with Gasteiger partial charge >= 0.3 is 0 Å². The van der Waals surface area contributed by atoms with Crippen LogP contribution in [-0.4, -0.2) is 40.0 Å². The first-order valence-electron chi connectivity index (χ1n) is 8.04. The van der Waals surface area contributed by atoms with Crippen LogP contribution in [0.25, 0.3) is 0 Å². The van der Waals surface area contributed by atoms with E-state index in [1.54, 1.807) is 10.9 Å². The number of nitrogens with zero attached hydrogens (tertiary/aromatic N) is 2. The fourth-order valence-electron chi connectivity index (χ4n) is 3.61. The van der Waals surface area contributed by atoms with Gasteiger partial charge in [-0.2, -0.15) is 5.10 Å². The lowest BCUT2D eigenvalue weighted by Gasteiger charge is -2.39. The number of aliphatic hydroxyl groups is 1. The van der Waals surface area contributed by atoms with Crippen LogP contribution >= 0.6 is 0 Å². The molecule has 22 heavy (non-hydrogen) atoms. The molecule has 0 aliphatic heterocycles. The molecule has 1 aliphatic rings. The van der Waals surface area contributed by atoms with Gasteiger partial charge in [-0.05, 0) is 30.6 Å². The smallest absolute Gasteiger partial charge is 0.241 e. The largest absolute Gasteiger partial charge is 0.395 e. The first-order chi connectivity index (χ1) is 10.4. The SMILES string of the molecule is CC1CC(Nc2cnn(CC(=O)NCCO)c2)CC(C)(C)C1. The molecule has 6 heteroatoms. The second-order valence-electron chi connectivity index (χ2n) is 7.25. The zero-order valence-electron chi connectivity index (χ0n) is 13.8. The molecule has 2 rings (SSSR count). The summed E-state index contributed by atoms with van der Waals surface area (Å²) < 4.78 is 1.62. The summed E-state index contributed by atoms with van der Waals surface area (Å²) in [5.41, 5.74) is 1.33. The van der Waals surface area contributed by atoms with Crippen molar-refractivity contribution in [3.8, 4) is 0 Å². The Labute approximate surface area is 132 Å². The topological polar surface area (TPSA) is 79.2 Å². The second kappa shape index (κ2) is 7.13. The molecule has 1 aliphatic carbocycles. The van der Waals surface area contributed by atoms with E-state index in [0.29, 0.717) is 11.5 Å². The zero-order chi connectivity index (χ0) is 16.2. The van der Waals surface area contributed by atoms with Crippen LogP contribution in [0.3, 0.4) is 0 Å². The fraction of sp³-hybridized carbons (Fsp3) is 0.750. The van der Waals surface area contributed by atoms with E-state index in [4.69, 9.17) is 5.11 Å². The van der Waals surface area contributed by atoms with Gasteiger partial charge in [-0.15, -0.1) is 0 Å². The van der Waals surface area contributed by atoms with Crippen LogP contribution < -0.4 is 10.6 Å². The van der Waals surface area contributed by atoms with E-state index in [0.717, 1.165) is 18.0 Å². The summed E-state index contributed by atoms with van der Waals surface area (Å²) >= 11 is 0. The minimum absolute atomic E-state index is 0.0483. The Morgan fingerprint density at radius 3 is 2.95 bits per heavy atom. The number of aromatic nitrogens is 2. The lowest BCUT2D eigenvalue weighted by Crippen LogP contribution is -2.35. The number of hydrogen-bond donors (Lipinski definition) is 3. The highest BCUT2D eigenvalue weighted by atomic mass is 16.3. The number of aliphatic hydroxyl groups excluding tert-OH is 1. The molecule has 1 fully saturated rings. The lowest BCUT2D eigenvalue weighted by atomic mass is 9.70. The Kier molecular flexibility index (Phi) is 5.45. The molecule has 1 aromatic rings. The van der Waals surface area contributed by atoms with Gasteiger partial charge in [-0.3, -0.25) is 9.48 Å². The average molecular weight is 308 g/mol. The Morgan fingerprint density at radius 1 is 1.50 bits per heavy atom. The Bertz CT molecular complexity index is 498. The summed E-state index contributed by atoms with van der Waals surface area (Å²) in [5, 5.41) is 19.1. The molecule has 0 saturated heterocycles. The summed E-state index contributed by atoms with van der Waals surface area (Å²) in [6.07, 6.45) is 7.23. The van der Waals surface area contributed by atoms with Crippen molar-refractivity contribution in [2.24, 2.45) is 11.3 Å². The lowest BCUT2D eigenvalue weighted by molar-refractivity contribution is -0.122. The molecule has 1 amide bonds. The van der Waals surface area contributed by atoms with Crippen molar-refractivity contribution in [2.75, 3.05) is 18.5 Å². The molecule has 1 saturated carbocycles. The number of rotatable bonds is 6. The van der Waals surface area contributed by atoms with Crippen LogP contribution in [0.5, 0.6) is 0 Å². The molecule has 0 spiro atoms. The number of nitrogens with one attached hydrogen (secondary N) is 2. The third kappa shape index (κ3) is 5.02. The van der Waals surface area contributed by atoms with Gasteiger partial charge in [0.25, 0.3) is 0 Å². The van der Waals surface area contributed by atoms with Gasteiger partial charge in [-0.25, -0.2) is 0 Å². The first kappa shape index (κ1) is 16.8. The van der Waals surface area contributed by atoms with Crippen LogP contribution in [0.4, 0.5) is 5.69 Å². The van der Waals surface area contributed by atoms with Crippen LogP contribution in [0.2, 0.25) is 0 Å². The van der Waals surface area contributed by atoms with Gasteiger partial charge in [0.2, 0.25) is 5.91 Å². The molecule has 1 aromatic heterocycles. The van der Waals surface area contributed by atoms with Gasteiger partial charge in [0.1, 0.15) is 6.54 Å². The van der Waals surface area contributed by atoms with Crippen molar-refractivity contribution in [1.29, 1.82) is 0 Å². The predicted molar refractivity (Wildman–Crippen MR) is 86.5 cm³/mol. The molecular formula is C16H28N4O2. The summed E-state index contributed by atoms with van der Waals surface area (Å²) in [4.78, 5) is 11.6. The van der Waals surface area contributed by atoms with Crippen LogP contribution in [0, 0.1) is 11.3 Å². The van der Waals surface area contributed by atoms with Crippen molar-refractivity contribution >= 4 is 11.6 Å². The molecule has 0 aromatic carbocycles. The van der Waals surface area contributed by atoms with Gasteiger partial charge < -0.3 is 15.7 Å². The molecule has 2 unspecified atom stereocenters. The van der Waals surface area contributed by atoms with Crippen LogP contribution in [0.1, 0.15) is 40.0 Å². The number of anilines is 1. The summed E-state index contributed by atoms with van der Waals surface area (Å²) in [6, 6.07) is 0.458. The monoisotopic (exact) mass is 308 g/mol. The Balaban J connectivity index is 1.87. The van der Waals surface area contributed by atoms with E-state index in [1.807, 2.05) is 6.20 Å². The Morgan fingerprint density at radius 2 is 2.27 bits per heavy atom. The highest BCUT2D eigenvalue weighted by Crippen LogP contribution is 2.39. The summed E-state index contributed by atoms with van der Waals surface area (Å²) in [7, 11) is 0. The maximum absolute atomic E-state index is 11.6. The van der Waals surface area contributed by atoms with E-state index in [1.165, 1.54) is 12.8 Å². The first-order valence-corrected chi connectivity index (χ1v) is 8.04. The normalized spacial score (nSPS) is 24.0. The molecule has 0 bridgehead atoms. The zero-order valence-corrected chi connectivity index (χ0v) is 13.8. The molecule has 1 heterocycles. The van der Waals surface area contributed by atoms with Crippen LogP contribution in [0.15, 0.2) is 12.4 Å². The van der Waals surface area contributed by atoms with Crippen molar-refractivity contribution in [2.45, 2.75) is 52.6 Å². The summed E-state index contributed by atoms with van der Waals surface area (Å²) in [5.74, 6) is 0.580. The third-order valence-electron chi connectivity index (χ3n) is 4.13. The molecular weight excluding hydrogens is 280 g/mol. The van der Waals surface area contributed by atoms with Crippen molar-refractivity contribution < 1.29 is 9.90 Å². The quantitative estimate of drug-likeness (QED) is 0.746. The van der Waals surface area contributed by atoms with E-state index < -0.39 is 0 Å². The molecule has 2 atom stereocenters. The van der Waals surface area contributed by atoms with Crippen molar-refractivity contribution in [3.63, 3.8) is 0 Å². The number of carbonyl (C=O) groups is 1. The number of hydrogen-bond acceptors (Lipinski definition) is 4. The van der Waals surface area contributed by atoms with E-state index in [-0.39, 0.29) is 25.6 Å². The predicted octanol–water partition coefficient (Wildman–Crippen LogP) is 1.62. The standard InChI is InChI=1S/C16H28N4O2/c1-12-6-13(8-16(2,3)7-12)19-14-9-18-20(10-14)11-15(22)17-4-5-21/h9-10,12-13,19,21H,4-8,11H2,1-3H3,(H,17,22). The molecule has 6 nitrogen and oxygen atoms in total. The van der Waals surface area contributed by atoms with Gasteiger partial charge in [0.05, 0.1) is 18.5 Å². The minimum Gasteiger partial charge on any atom is -0.395 e. The number of carbonyl (C=O) groups excluding carboxylic acids is 1. The molecule has 0 radical (unpaired) electrons. The maximum atomic E-state index is 11.6. The summed E-state index contributed by atoms with van der Waals surface area (Å²) in [6.45, 7) is 7.37. The third-order valence-corrected chi connectivity index (χ3v) is 4.13. The van der Waals surface area contributed by atoms with Crippen molar-refractivity contribution in [1.82, 2.24) is 15.1 Å². The molecule has 124 valence electrons. The average Bonchev–Trinajstić information content (AvgIpc) is 2.81. The van der Waals surface area contributed by atoms with Gasteiger partial charge in [0.15, 0.2) is 0 Å². The van der Waals surface area contributed by atoms with E-state index >= 15 is 0 Å². The maximum Gasteiger partial charge on any atom is 0.241 e. The van der Waals surface area contributed by atoms with Gasteiger partial charge in [-0.1, -0.05) is 20.8 Å². The number of amides is 1. The van der Waals surface area contributed by atoms with E-state index in [9.17, 15) is 4.79 Å². The van der Waals surface area contributed by atoms with Gasteiger partial charge in [0, 0.05) is 18.8 Å². The molecule has 3 N–H and O–H groups in total. The van der Waals surface area contributed by atoms with Crippen LogP contribution in [-0.2, 0) is 11.3 Å².